The predicted octanol–water partition coefficient (Wildman–Crippen LogP) is 0.470. The van der Waals surface area contributed by atoms with E-state index in [-0.39, 0.29) is 4.90 Å². The number of sulfonamides is 1. The van der Waals surface area contributed by atoms with Gasteiger partial charge in [0.05, 0.1) is 4.90 Å². The van der Waals surface area contributed by atoms with Crippen LogP contribution in [0.3, 0.4) is 0 Å². The van der Waals surface area contributed by atoms with E-state index in [1.165, 1.54) is 18.5 Å². The van der Waals surface area contributed by atoms with Gasteiger partial charge in [0.1, 0.15) is 6.34 Å². The molecule has 0 aliphatic heterocycles. The molecule has 0 saturated heterocycles. The molecule has 15 heavy (non-hydrogen) atoms. The summed E-state index contributed by atoms with van der Waals surface area (Å²) >= 11 is 0. The van der Waals surface area contributed by atoms with E-state index in [1.807, 2.05) is 0 Å². The summed E-state index contributed by atoms with van der Waals surface area (Å²) in [5, 5.41) is 3.58. The smallest absolute Gasteiger partial charge is 0.276 e. The van der Waals surface area contributed by atoms with Gasteiger partial charge in [-0.3, -0.25) is 0 Å². The van der Waals surface area contributed by atoms with Crippen LogP contribution in [0, 0.1) is 0 Å². The lowest BCUT2D eigenvalue weighted by Gasteiger charge is -2.04. The quantitative estimate of drug-likeness (QED) is 0.462. The van der Waals surface area contributed by atoms with Crippen LogP contribution in [-0.4, -0.2) is 33.8 Å². The van der Waals surface area contributed by atoms with Gasteiger partial charge in [0.25, 0.3) is 10.0 Å². The minimum Gasteiger partial charge on any atom is -0.367 e. The highest BCUT2D eigenvalue weighted by molar-refractivity contribution is 7.89. The first-order chi connectivity index (χ1) is 7.02. The maximum absolute atomic E-state index is 11.6. The molecule has 0 amide bonds. The number of benzene rings is 1. The van der Waals surface area contributed by atoms with Crippen molar-refractivity contribution in [3.63, 3.8) is 0 Å². The van der Waals surface area contributed by atoms with E-state index in [2.05, 4.69) is 9.93 Å². The van der Waals surface area contributed by atoms with Gasteiger partial charge in [-0.1, -0.05) is 18.2 Å². The van der Waals surface area contributed by atoms with Crippen molar-refractivity contribution in [2.75, 3.05) is 14.1 Å². The zero-order valence-corrected chi connectivity index (χ0v) is 9.40. The lowest BCUT2D eigenvalue weighted by atomic mass is 10.4. The van der Waals surface area contributed by atoms with Crippen molar-refractivity contribution < 1.29 is 8.42 Å². The van der Waals surface area contributed by atoms with Crippen LogP contribution in [0.2, 0.25) is 0 Å². The standard InChI is InChI=1S/C9H13N3O2S/c1-12(2)8-10-11-15(13,14)9-6-4-3-5-7-9/h3-8,11H,1-2H3/b10-8-. The number of hydrazone groups is 1. The largest absolute Gasteiger partial charge is 0.367 e. The summed E-state index contributed by atoms with van der Waals surface area (Å²) in [6, 6.07) is 8.08. The van der Waals surface area contributed by atoms with E-state index in [4.69, 9.17) is 0 Å². The Hall–Kier alpha value is -1.56. The second kappa shape index (κ2) is 4.79. The van der Waals surface area contributed by atoms with Crippen LogP contribution in [0.15, 0.2) is 40.3 Å². The van der Waals surface area contributed by atoms with Crippen LogP contribution in [0.4, 0.5) is 0 Å². The maximum Gasteiger partial charge on any atom is 0.276 e. The molecule has 0 aromatic heterocycles. The summed E-state index contributed by atoms with van der Waals surface area (Å²) < 4.78 is 23.1. The van der Waals surface area contributed by atoms with Crippen LogP contribution in [-0.2, 0) is 10.0 Å². The Balaban J connectivity index is 2.78. The van der Waals surface area contributed by atoms with E-state index in [0.29, 0.717) is 0 Å². The summed E-state index contributed by atoms with van der Waals surface area (Å²) in [5.41, 5.74) is 0. The molecule has 0 atom stereocenters. The van der Waals surface area contributed by atoms with Gasteiger partial charge in [0, 0.05) is 14.1 Å². The molecule has 0 saturated carbocycles. The lowest BCUT2D eigenvalue weighted by Crippen LogP contribution is -2.20. The molecule has 82 valence electrons. The number of nitrogens with one attached hydrogen (secondary N) is 1. The fourth-order valence-electron chi connectivity index (χ4n) is 0.861. The number of hydrogen-bond donors (Lipinski definition) is 1. The van der Waals surface area contributed by atoms with Crippen LogP contribution in [0.1, 0.15) is 0 Å². The summed E-state index contributed by atoms with van der Waals surface area (Å²) in [5.74, 6) is 0. The number of rotatable bonds is 4. The third-order valence-corrected chi connectivity index (χ3v) is 2.75. The molecule has 1 rings (SSSR count). The van der Waals surface area contributed by atoms with Gasteiger partial charge in [-0.05, 0) is 12.1 Å². The summed E-state index contributed by atoms with van der Waals surface area (Å²) in [4.78, 5) is 3.93. The third-order valence-electron chi connectivity index (χ3n) is 1.52. The van der Waals surface area contributed by atoms with Crippen molar-refractivity contribution in [3.8, 4) is 0 Å². The van der Waals surface area contributed by atoms with Crippen molar-refractivity contribution >= 4 is 16.4 Å². The Kier molecular flexibility index (Phi) is 3.68. The first-order valence-electron chi connectivity index (χ1n) is 4.29. The topological polar surface area (TPSA) is 61.8 Å². The van der Waals surface area contributed by atoms with Crippen LogP contribution < -0.4 is 4.83 Å². The SMILES string of the molecule is CN(C)/C=N\NS(=O)(=O)c1ccccc1. The van der Waals surface area contributed by atoms with Gasteiger partial charge in [-0.2, -0.15) is 18.4 Å². The summed E-state index contributed by atoms with van der Waals surface area (Å²) in [7, 11) is -0.0299. The fraction of sp³-hybridized carbons (Fsp3) is 0.222. The molecular formula is C9H13N3O2S. The maximum atomic E-state index is 11.6. The molecule has 1 N–H and O–H groups in total. The average molecular weight is 227 g/mol. The summed E-state index contributed by atoms with van der Waals surface area (Å²) in [6.07, 6.45) is 1.38. The zero-order chi connectivity index (χ0) is 11.3. The number of nitrogens with zero attached hydrogens (tertiary/aromatic N) is 2. The highest BCUT2D eigenvalue weighted by Gasteiger charge is 2.10. The fourth-order valence-corrected chi connectivity index (χ4v) is 1.67. The molecule has 0 radical (unpaired) electrons. The molecule has 0 spiro atoms. The Morgan fingerprint density at radius 1 is 1.27 bits per heavy atom. The van der Waals surface area contributed by atoms with E-state index in [1.54, 1.807) is 37.2 Å². The molecule has 0 unspecified atom stereocenters. The monoisotopic (exact) mass is 227 g/mol. The third kappa shape index (κ3) is 3.59. The van der Waals surface area contributed by atoms with Gasteiger partial charge in [-0.15, -0.1) is 0 Å². The predicted molar refractivity (Wildman–Crippen MR) is 58.9 cm³/mol. The van der Waals surface area contributed by atoms with Crippen molar-refractivity contribution in [1.82, 2.24) is 9.73 Å². The van der Waals surface area contributed by atoms with Crippen molar-refractivity contribution in [2.24, 2.45) is 5.10 Å². The van der Waals surface area contributed by atoms with Crippen molar-refractivity contribution in [2.45, 2.75) is 4.90 Å². The molecule has 1 aromatic carbocycles. The zero-order valence-electron chi connectivity index (χ0n) is 8.58. The van der Waals surface area contributed by atoms with Crippen LogP contribution in [0.5, 0.6) is 0 Å². The molecule has 0 aliphatic rings. The van der Waals surface area contributed by atoms with Crippen molar-refractivity contribution in [3.05, 3.63) is 30.3 Å². The molecule has 6 heteroatoms. The Morgan fingerprint density at radius 3 is 2.40 bits per heavy atom. The Bertz CT molecular complexity index is 426. The van der Waals surface area contributed by atoms with E-state index < -0.39 is 10.0 Å². The van der Waals surface area contributed by atoms with Gasteiger partial charge in [-0.25, -0.2) is 0 Å². The second-order valence-electron chi connectivity index (χ2n) is 3.12. The lowest BCUT2D eigenvalue weighted by molar-refractivity contribution is 0.581. The van der Waals surface area contributed by atoms with Gasteiger partial charge < -0.3 is 4.90 Å². The van der Waals surface area contributed by atoms with Crippen molar-refractivity contribution in [1.29, 1.82) is 0 Å². The van der Waals surface area contributed by atoms with E-state index in [9.17, 15) is 8.42 Å². The molecule has 0 heterocycles. The number of hydrogen-bond acceptors (Lipinski definition) is 3. The minimum atomic E-state index is -3.53. The molecular weight excluding hydrogens is 214 g/mol. The Labute approximate surface area is 89.5 Å². The summed E-state index contributed by atoms with van der Waals surface area (Å²) in [6.45, 7) is 0. The van der Waals surface area contributed by atoms with E-state index >= 15 is 0 Å². The molecule has 0 aliphatic carbocycles. The van der Waals surface area contributed by atoms with Gasteiger partial charge in [0.2, 0.25) is 0 Å². The van der Waals surface area contributed by atoms with Crippen LogP contribution in [0.25, 0.3) is 0 Å². The average Bonchev–Trinajstić information content (AvgIpc) is 2.18. The van der Waals surface area contributed by atoms with Gasteiger partial charge in [0.15, 0.2) is 0 Å². The molecule has 1 aromatic rings. The minimum absolute atomic E-state index is 0.195. The van der Waals surface area contributed by atoms with Gasteiger partial charge >= 0.3 is 0 Å². The highest BCUT2D eigenvalue weighted by atomic mass is 32.2. The Morgan fingerprint density at radius 2 is 1.87 bits per heavy atom. The molecule has 0 fully saturated rings. The first-order valence-corrected chi connectivity index (χ1v) is 5.77. The highest BCUT2D eigenvalue weighted by Crippen LogP contribution is 2.06. The molecule has 5 nitrogen and oxygen atoms in total. The van der Waals surface area contributed by atoms with Crippen LogP contribution >= 0.6 is 0 Å². The first kappa shape index (κ1) is 11.5. The molecule has 0 bridgehead atoms. The normalized spacial score (nSPS) is 11.6. The second-order valence-corrected chi connectivity index (χ2v) is 4.78. The van der Waals surface area contributed by atoms with E-state index in [0.717, 1.165) is 0 Å².